The third-order valence-electron chi connectivity index (χ3n) is 1.88. The largest absolute Gasteiger partial charge is 0.299 e. The van der Waals surface area contributed by atoms with Crippen molar-refractivity contribution in [3.63, 3.8) is 0 Å². The second-order valence-corrected chi connectivity index (χ2v) is 3.21. The summed E-state index contributed by atoms with van der Waals surface area (Å²) in [5.41, 5.74) is 0.286. The minimum Gasteiger partial charge on any atom is -0.299 e. The van der Waals surface area contributed by atoms with Crippen LogP contribution in [0.3, 0.4) is 0 Å². The van der Waals surface area contributed by atoms with Gasteiger partial charge < -0.3 is 0 Å². The van der Waals surface area contributed by atoms with Gasteiger partial charge in [-0.2, -0.15) is 0 Å². The number of aromatic nitrogens is 1. The van der Waals surface area contributed by atoms with Crippen LogP contribution in [0.25, 0.3) is 0 Å². The lowest BCUT2D eigenvalue weighted by Gasteiger charge is -2.07. The Balaban J connectivity index is 2.89. The van der Waals surface area contributed by atoms with Crippen LogP contribution in [0.5, 0.6) is 0 Å². The van der Waals surface area contributed by atoms with Crippen molar-refractivity contribution in [3.05, 3.63) is 30.1 Å². The molecule has 0 saturated heterocycles. The van der Waals surface area contributed by atoms with E-state index >= 15 is 0 Å². The van der Waals surface area contributed by atoms with Crippen molar-refractivity contribution in [1.29, 1.82) is 0 Å². The molecule has 0 aliphatic carbocycles. The summed E-state index contributed by atoms with van der Waals surface area (Å²) in [5, 5.41) is 0. The normalized spacial score (nSPS) is 12.1. The zero-order chi connectivity index (χ0) is 10.6. The Morgan fingerprint density at radius 2 is 2.21 bits per heavy atom. The van der Waals surface area contributed by atoms with Crippen LogP contribution in [0.4, 0.5) is 0 Å². The van der Waals surface area contributed by atoms with E-state index in [0.717, 1.165) is 0 Å². The Hall–Kier alpha value is -1.22. The number of Topliss-reactive ketones (excluding diaryl/α,β-unsaturated/α-hetero) is 2. The van der Waals surface area contributed by atoms with Crippen molar-refractivity contribution in [2.45, 2.75) is 6.92 Å². The zero-order valence-corrected chi connectivity index (χ0v) is 8.49. The molecule has 0 radical (unpaired) electrons. The van der Waals surface area contributed by atoms with Gasteiger partial charge in [0.1, 0.15) is 11.5 Å². The number of hydrogen-bond acceptors (Lipinski definition) is 3. The van der Waals surface area contributed by atoms with E-state index in [1.165, 1.54) is 13.1 Å². The van der Waals surface area contributed by atoms with E-state index in [9.17, 15) is 9.59 Å². The summed E-state index contributed by atoms with van der Waals surface area (Å²) in [5.74, 6) is -1.31. The molecule has 1 heterocycles. The molecule has 0 amide bonds. The Kier molecular flexibility index (Phi) is 3.77. The van der Waals surface area contributed by atoms with Crippen molar-refractivity contribution < 1.29 is 9.59 Å². The Morgan fingerprint density at radius 3 is 2.64 bits per heavy atom. The highest BCUT2D eigenvalue weighted by molar-refractivity contribution is 6.23. The van der Waals surface area contributed by atoms with Gasteiger partial charge in [0.25, 0.3) is 0 Å². The number of carbonyl (C=O) groups excluding carboxylic acids is 2. The minimum atomic E-state index is -0.772. The number of hydrogen-bond donors (Lipinski definition) is 0. The van der Waals surface area contributed by atoms with Crippen LogP contribution in [0.2, 0.25) is 0 Å². The third-order valence-corrected chi connectivity index (χ3v) is 2.19. The van der Waals surface area contributed by atoms with E-state index in [-0.39, 0.29) is 23.1 Å². The van der Waals surface area contributed by atoms with Crippen molar-refractivity contribution >= 4 is 23.2 Å². The molecule has 0 aromatic carbocycles. The molecule has 1 aromatic heterocycles. The molecule has 4 heteroatoms. The molecule has 0 bridgehead atoms. The van der Waals surface area contributed by atoms with E-state index in [0.29, 0.717) is 0 Å². The molecule has 0 aliphatic rings. The van der Waals surface area contributed by atoms with Gasteiger partial charge in [0.15, 0.2) is 5.78 Å². The summed E-state index contributed by atoms with van der Waals surface area (Å²) in [6.45, 7) is 1.36. The van der Waals surface area contributed by atoms with Gasteiger partial charge in [-0.3, -0.25) is 14.6 Å². The molecule has 74 valence electrons. The van der Waals surface area contributed by atoms with Gasteiger partial charge in [0, 0.05) is 12.1 Å². The number of ketones is 2. The second kappa shape index (κ2) is 4.86. The molecule has 1 atom stereocenters. The van der Waals surface area contributed by atoms with Crippen molar-refractivity contribution in [3.8, 4) is 0 Å². The summed E-state index contributed by atoms with van der Waals surface area (Å²) in [6, 6.07) is 4.98. The summed E-state index contributed by atoms with van der Waals surface area (Å²) >= 11 is 5.54. The fourth-order valence-electron chi connectivity index (χ4n) is 1.05. The molecule has 0 aliphatic heterocycles. The van der Waals surface area contributed by atoms with Crippen LogP contribution >= 0.6 is 11.6 Å². The molecule has 3 nitrogen and oxygen atoms in total. The van der Waals surface area contributed by atoms with Crippen LogP contribution < -0.4 is 0 Å². The summed E-state index contributed by atoms with van der Waals surface area (Å²) < 4.78 is 0. The van der Waals surface area contributed by atoms with Gasteiger partial charge in [-0.15, -0.1) is 11.6 Å². The lowest BCUT2D eigenvalue weighted by atomic mass is 9.99. The maximum absolute atomic E-state index is 11.6. The van der Waals surface area contributed by atoms with Crippen LogP contribution in [-0.2, 0) is 4.79 Å². The predicted octanol–water partition coefficient (Wildman–Crippen LogP) is 1.71. The number of halogens is 1. The SMILES string of the molecule is CC(=O)C(CCl)C(=O)c1ccccn1. The van der Waals surface area contributed by atoms with Gasteiger partial charge in [-0.05, 0) is 19.1 Å². The van der Waals surface area contributed by atoms with Crippen molar-refractivity contribution in [1.82, 2.24) is 4.98 Å². The lowest BCUT2D eigenvalue weighted by molar-refractivity contribution is -0.118. The first-order valence-electron chi connectivity index (χ1n) is 4.18. The highest BCUT2D eigenvalue weighted by Crippen LogP contribution is 2.09. The van der Waals surface area contributed by atoms with Gasteiger partial charge in [-0.1, -0.05) is 6.07 Å². The van der Waals surface area contributed by atoms with Crippen molar-refractivity contribution in [2.24, 2.45) is 5.92 Å². The molecule has 1 rings (SSSR count). The smallest absolute Gasteiger partial charge is 0.192 e. The second-order valence-electron chi connectivity index (χ2n) is 2.90. The van der Waals surface area contributed by atoms with E-state index < -0.39 is 5.92 Å². The molecule has 0 saturated carbocycles. The number of pyridine rings is 1. The van der Waals surface area contributed by atoms with Crippen LogP contribution in [0.15, 0.2) is 24.4 Å². The van der Waals surface area contributed by atoms with E-state index in [1.807, 2.05) is 0 Å². The summed E-state index contributed by atoms with van der Waals surface area (Å²) in [4.78, 5) is 26.6. The maximum atomic E-state index is 11.6. The van der Waals surface area contributed by atoms with Gasteiger partial charge in [0.05, 0.1) is 5.92 Å². The first-order chi connectivity index (χ1) is 6.66. The molecule has 1 aromatic rings. The monoisotopic (exact) mass is 211 g/mol. The molecule has 0 N–H and O–H groups in total. The molecular formula is C10H10ClNO2. The Bertz CT molecular complexity index is 337. The fourth-order valence-corrected chi connectivity index (χ4v) is 1.41. The zero-order valence-electron chi connectivity index (χ0n) is 7.74. The van der Waals surface area contributed by atoms with Gasteiger partial charge in [-0.25, -0.2) is 0 Å². The van der Waals surface area contributed by atoms with E-state index in [2.05, 4.69) is 4.98 Å². The number of alkyl halides is 1. The quantitative estimate of drug-likeness (QED) is 0.433. The topological polar surface area (TPSA) is 47.0 Å². The van der Waals surface area contributed by atoms with E-state index in [4.69, 9.17) is 11.6 Å². The van der Waals surface area contributed by atoms with Crippen molar-refractivity contribution in [2.75, 3.05) is 5.88 Å². The number of carbonyl (C=O) groups is 2. The Morgan fingerprint density at radius 1 is 1.50 bits per heavy atom. The molecule has 1 unspecified atom stereocenters. The lowest BCUT2D eigenvalue weighted by Crippen LogP contribution is -2.24. The fraction of sp³-hybridized carbons (Fsp3) is 0.300. The first kappa shape index (κ1) is 10.9. The highest BCUT2D eigenvalue weighted by atomic mass is 35.5. The molecule has 0 spiro atoms. The maximum Gasteiger partial charge on any atom is 0.192 e. The molecule has 0 fully saturated rings. The molecular weight excluding hydrogens is 202 g/mol. The van der Waals surface area contributed by atoms with Gasteiger partial charge in [0.2, 0.25) is 0 Å². The summed E-state index contributed by atoms with van der Waals surface area (Å²) in [6.07, 6.45) is 1.51. The van der Waals surface area contributed by atoms with E-state index in [1.54, 1.807) is 18.2 Å². The number of rotatable bonds is 4. The van der Waals surface area contributed by atoms with Crippen LogP contribution in [-0.4, -0.2) is 22.4 Å². The standard InChI is InChI=1S/C10H10ClNO2/c1-7(13)8(6-11)10(14)9-4-2-3-5-12-9/h2-5,8H,6H2,1H3. The average molecular weight is 212 g/mol. The van der Waals surface area contributed by atoms with Crippen LogP contribution in [0, 0.1) is 5.92 Å². The number of nitrogens with zero attached hydrogens (tertiary/aromatic N) is 1. The average Bonchev–Trinajstić information content (AvgIpc) is 2.19. The summed E-state index contributed by atoms with van der Waals surface area (Å²) in [7, 11) is 0. The third kappa shape index (κ3) is 2.39. The van der Waals surface area contributed by atoms with Gasteiger partial charge >= 0.3 is 0 Å². The highest BCUT2D eigenvalue weighted by Gasteiger charge is 2.23. The Labute approximate surface area is 87.1 Å². The molecule has 14 heavy (non-hydrogen) atoms. The first-order valence-corrected chi connectivity index (χ1v) is 4.72. The predicted molar refractivity (Wildman–Crippen MR) is 53.5 cm³/mol. The minimum absolute atomic E-state index is 0.00470. The van der Waals surface area contributed by atoms with Crippen LogP contribution in [0.1, 0.15) is 17.4 Å².